The second kappa shape index (κ2) is 6.75. The van der Waals surface area contributed by atoms with Crippen LogP contribution in [0, 0.1) is 17.6 Å². The molecule has 1 unspecified atom stereocenters. The number of ether oxygens (including phenoxy) is 1. The SMILES string of the molecule is CC(C)(C)OC(=O)N1CC(Cc2ccc(F)c(F)c2)C[C@@H]1C(=O)O. The zero-order valence-corrected chi connectivity index (χ0v) is 13.9. The average Bonchev–Trinajstić information content (AvgIpc) is 2.85. The first-order valence-electron chi connectivity index (χ1n) is 7.73. The van der Waals surface area contributed by atoms with Crippen molar-refractivity contribution in [3.63, 3.8) is 0 Å². The lowest BCUT2D eigenvalue weighted by Crippen LogP contribution is -2.43. The van der Waals surface area contributed by atoms with E-state index in [1.165, 1.54) is 11.0 Å². The lowest BCUT2D eigenvalue weighted by molar-refractivity contribution is -0.142. The summed E-state index contributed by atoms with van der Waals surface area (Å²) in [5.74, 6) is -3.13. The number of rotatable bonds is 3. The Hall–Kier alpha value is -2.18. The van der Waals surface area contributed by atoms with E-state index in [2.05, 4.69) is 0 Å². The molecule has 2 rings (SSSR count). The van der Waals surface area contributed by atoms with E-state index < -0.39 is 35.3 Å². The minimum Gasteiger partial charge on any atom is -0.480 e. The second-order valence-electron chi connectivity index (χ2n) is 7.04. The van der Waals surface area contributed by atoms with Gasteiger partial charge < -0.3 is 9.84 Å². The van der Waals surface area contributed by atoms with Crippen LogP contribution in [-0.2, 0) is 16.0 Å². The van der Waals surface area contributed by atoms with E-state index in [0.717, 1.165) is 12.1 Å². The van der Waals surface area contributed by atoms with E-state index >= 15 is 0 Å². The summed E-state index contributed by atoms with van der Waals surface area (Å²) < 4.78 is 31.5. The number of benzene rings is 1. The summed E-state index contributed by atoms with van der Waals surface area (Å²) in [6, 6.07) is 2.63. The van der Waals surface area contributed by atoms with E-state index in [9.17, 15) is 23.5 Å². The number of carbonyl (C=O) groups excluding carboxylic acids is 1. The number of hydrogen-bond donors (Lipinski definition) is 1. The molecule has 1 aliphatic rings. The molecule has 1 amide bonds. The van der Waals surface area contributed by atoms with Crippen molar-refractivity contribution in [2.75, 3.05) is 6.54 Å². The Labute approximate surface area is 139 Å². The van der Waals surface area contributed by atoms with Crippen LogP contribution in [0.25, 0.3) is 0 Å². The number of amides is 1. The molecule has 0 bridgehead atoms. The zero-order chi connectivity index (χ0) is 18.1. The third-order valence-electron chi connectivity index (χ3n) is 3.81. The Morgan fingerprint density at radius 2 is 1.96 bits per heavy atom. The molecular weight excluding hydrogens is 320 g/mol. The van der Waals surface area contributed by atoms with Gasteiger partial charge in [0.25, 0.3) is 0 Å². The Morgan fingerprint density at radius 3 is 2.50 bits per heavy atom. The Morgan fingerprint density at radius 1 is 1.29 bits per heavy atom. The minimum atomic E-state index is -1.10. The summed E-state index contributed by atoms with van der Waals surface area (Å²) in [6.07, 6.45) is -0.0731. The van der Waals surface area contributed by atoms with Gasteiger partial charge in [-0.25, -0.2) is 18.4 Å². The van der Waals surface area contributed by atoms with Gasteiger partial charge in [0.1, 0.15) is 11.6 Å². The van der Waals surface area contributed by atoms with E-state index in [1.807, 2.05) is 0 Å². The molecule has 1 fully saturated rings. The fraction of sp³-hybridized carbons (Fsp3) is 0.529. The van der Waals surface area contributed by atoms with Crippen LogP contribution in [0.5, 0.6) is 0 Å². The van der Waals surface area contributed by atoms with Gasteiger partial charge in [-0.05, 0) is 57.2 Å². The quantitative estimate of drug-likeness (QED) is 0.917. The van der Waals surface area contributed by atoms with Crippen LogP contribution in [0.1, 0.15) is 32.8 Å². The number of aliphatic carboxylic acids is 1. The van der Waals surface area contributed by atoms with Crippen LogP contribution >= 0.6 is 0 Å². The Balaban J connectivity index is 2.10. The first kappa shape index (κ1) is 18.2. The summed E-state index contributed by atoms with van der Waals surface area (Å²) in [6.45, 7) is 5.31. The van der Waals surface area contributed by atoms with Crippen molar-refractivity contribution in [1.82, 2.24) is 4.90 Å². The van der Waals surface area contributed by atoms with Crippen LogP contribution in [0.4, 0.5) is 13.6 Å². The van der Waals surface area contributed by atoms with Crippen molar-refractivity contribution in [2.24, 2.45) is 5.92 Å². The predicted octanol–water partition coefficient (Wildman–Crippen LogP) is 3.22. The van der Waals surface area contributed by atoms with Crippen molar-refractivity contribution >= 4 is 12.1 Å². The van der Waals surface area contributed by atoms with Gasteiger partial charge in [-0.1, -0.05) is 6.07 Å². The van der Waals surface area contributed by atoms with Gasteiger partial charge in [0, 0.05) is 6.54 Å². The molecule has 24 heavy (non-hydrogen) atoms. The van der Waals surface area contributed by atoms with Gasteiger partial charge in [-0.3, -0.25) is 4.90 Å². The lowest BCUT2D eigenvalue weighted by atomic mass is 9.96. The first-order valence-corrected chi connectivity index (χ1v) is 7.73. The number of nitrogens with zero attached hydrogens (tertiary/aromatic N) is 1. The van der Waals surface area contributed by atoms with E-state index in [1.54, 1.807) is 20.8 Å². The Bertz CT molecular complexity index is 642. The third kappa shape index (κ3) is 4.43. The van der Waals surface area contributed by atoms with Crippen molar-refractivity contribution in [3.05, 3.63) is 35.4 Å². The highest BCUT2D eigenvalue weighted by molar-refractivity contribution is 5.81. The highest BCUT2D eigenvalue weighted by atomic mass is 19.2. The summed E-state index contributed by atoms with van der Waals surface area (Å²) in [5.41, 5.74) is -0.160. The van der Waals surface area contributed by atoms with Gasteiger partial charge in [0.15, 0.2) is 11.6 Å². The highest BCUT2D eigenvalue weighted by Gasteiger charge is 2.41. The molecule has 1 aromatic rings. The smallest absolute Gasteiger partial charge is 0.411 e. The van der Waals surface area contributed by atoms with Crippen LogP contribution in [0.2, 0.25) is 0 Å². The largest absolute Gasteiger partial charge is 0.480 e. The van der Waals surface area contributed by atoms with Gasteiger partial charge >= 0.3 is 12.1 Å². The molecule has 2 atom stereocenters. The third-order valence-corrected chi connectivity index (χ3v) is 3.81. The van der Waals surface area contributed by atoms with Crippen molar-refractivity contribution in [1.29, 1.82) is 0 Å². The van der Waals surface area contributed by atoms with Crippen LogP contribution < -0.4 is 0 Å². The monoisotopic (exact) mass is 341 g/mol. The number of carbonyl (C=O) groups is 2. The maximum Gasteiger partial charge on any atom is 0.411 e. The summed E-state index contributed by atoms with van der Waals surface area (Å²) in [4.78, 5) is 24.8. The highest BCUT2D eigenvalue weighted by Crippen LogP contribution is 2.28. The van der Waals surface area contributed by atoms with E-state index in [0.29, 0.717) is 12.0 Å². The van der Waals surface area contributed by atoms with Gasteiger partial charge in [-0.2, -0.15) is 0 Å². The number of carboxylic acid groups (broad SMARTS) is 1. The normalized spacial score (nSPS) is 21.0. The van der Waals surface area contributed by atoms with Gasteiger partial charge in [0.05, 0.1) is 0 Å². The van der Waals surface area contributed by atoms with E-state index in [4.69, 9.17) is 4.74 Å². The van der Waals surface area contributed by atoms with Crippen molar-refractivity contribution < 1.29 is 28.2 Å². The summed E-state index contributed by atoms with van der Waals surface area (Å²) in [7, 11) is 0. The second-order valence-corrected chi connectivity index (χ2v) is 7.04. The summed E-state index contributed by atoms with van der Waals surface area (Å²) in [5, 5.41) is 9.34. The Kier molecular flexibility index (Phi) is 5.11. The molecule has 1 N–H and O–H groups in total. The average molecular weight is 341 g/mol. The number of halogens is 2. The zero-order valence-electron chi connectivity index (χ0n) is 13.9. The van der Waals surface area contributed by atoms with Crippen LogP contribution in [0.3, 0.4) is 0 Å². The molecule has 0 radical (unpaired) electrons. The molecule has 1 aromatic carbocycles. The van der Waals surface area contributed by atoms with E-state index in [-0.39, 0.29) is 18.9 Å². The molecule has 1 aliphatic heterocycles. The fourth-order valence-electron chi connectivity index (χ4n) is 2.83. The molecule has 5 nitrogen and oxygen atoms in total. The van der Waals surface area contributed by atoms with Crippen molar-refractivity contribution in [2.45, 2.75) is 45.3 Å². The standard InChI is InChI=1S/C17H21F2NO4/c1-17(2,3)24-16(23)20-9-11(8-14(20)15(21)22)6-10-4-5-12(18)13(19)7-10/h4-5,7,11,14H,6,8-9H2,1-3H3,(H,21,22)/t11?,14-/m1/s1. The molecule has 7 heteroatoms. The summed E-state index contributed by atoms with van der Waals surface area (Å²) >= 11 is 0. The molecule has 1 heterocycles. The fourth-order valence-corrected chi connectivity index (χ4v) is 2.83. The molecule has 1 saturated heterocycles. The van der Waals surface area contributed by atoms with Crippen molar-refractivity contribution in [3.8, 4) is 0 Å². The van der Waals surface area contributed by atoms with Crippen LogP contribution in [-0.4, -0.2) is 40.3 Å². The molecule has 0 saturated carbocycles. The van der Waals surface area contributed by atoms with Gasteiger partial charge in [0.2, 0.25) is 0 Å². The topological polar surface area (TPSA) is 66.8 Å². The number of carboxylic acids is 1. The number of hydrogen-bond acceptors (Lipinski definition) is 3. The number of likely N-dealkylation sites (tertiary alicyclic amines) is 1. The maximum absolute atomic E-state index is 13.3. The lowest BCUT2D eigenvalue weighted by Gasteiger charge is -2.26. The predicted molar refractivity (Wildman–Crippen MR) is 82.5 cm³/mol. The molecule has 0 spiro atoms. The molecule has 132 valence electrons. The first-order chi connectivity index (χ1) is 11.1. The molecule has 0 aromatic heterocycles. The molecule has 0 aliphatic carbocycles. The van der Waals surface area contributed by atoms with Crippen LogP contribution in [0.15, 0.2) is 18.2 Å². The van der Waals surface area contributed by atoms with Gasteiger partial charge in [-0.15, -0.1) is 0 Å². The minimum absolute atomic E-state index is 0.163. The maximum atomic E-state index is 13.3. The molecular formula is C17H21F2NO4.